The lowest BCUT2D eigenvalue weighted by Crippen LogP contribution is -2.16. The zero-order valence-corrected chi connectivity index (χ0v) is 15.9. The minimum absolute atomic E-state index is 0.393. The number of hydrogen-bond acceptors (Lipinski definition) is 1. The van der Waals surface area contributed by atoms with Gasteiger partial charge in [-0.3, -0.25) is 0 Å². The highest BCUT2D eigenvalue weighted by atomic mass is 35.5. The number of nitrogens with zero attached hydrogens (tertiary/aromatic N) is 1. The van der Waals surface area contributed by atoms with Crippen LogP contribution in [0.5, 0.6) is 0 Å². The quantitative estimate of drug-likeness (QED) is 0.428. The predicted molar refractivity (Wildman–Crippen MR) is 94.2 cm³/mol. The Morgan fingerprint density at radius 1 is 0.950 bits per heavy atom. The first-order valence-corrected chi connectivity index (χ1v) is 14.3. The molecule has 1 rings (SSSR count). The zero-order valence-electron chi connectivity index (χ0n) is 13.2. The van der Waals surface area contributed by atoms with Crippen LogP contribution in [0.4, 0.5) is 0 Å². The summed E-state index contributed by atoms with van der Waals surface area (Å²) in [5, 5.41) is 0. The Kier molecular flexibility index (Phi) is 5.65. The van der Waals surface area contributed by atoms with E-state index in [-0.39, 0.29) is 0 Å². The normalized spacial score (nSPS) is 11.2. The average Bonchev–Trinajstić information content (AvgIpc) is 2.32. The summed E-state index contributed by atoms with van der Waals surface area (Å²) in [7, 11) is -2.77. The Labute approximate surface area is 130 Å². The van der Waals surface area contributed by atoms with Gasteiger partial charge in [0, 0.05) is 5.56 Å². The van der Waals surface area contributed by atoms with E-state index in [2.05, 4.69) is 67.2 Å². The molecule has 1 heterocycles. The summed E-state index contributed by atoms with van der Waals surface area (Å²) in [5.74, 6) is 6.83. The van der Waals surface area contributed by atoms with E-state index < -0.39 is 16.1 Å². The highest BCUT2D eigenvalue weighted by Crippen LogP contribution is 2.09. The Bertz CT molecular complexity index is 552. The molecule has 0 radical (unpaired) electrons. The third-order valence-electron chi connectivity index (χ3n) is 2.16. The summed E-state index contributed by atoms with van der Waals surface area (Å²) in [6, 6.07) is 3.93. The first-order chi connectivity index (χ1) is 9.09. The van der Waals surface area contributed by atoms with E-state index in [0.717, 1.165) is 17.0 Å². The Morgan fingerprint density at radius 3 is 2.00 bits per heavy atom. The maximum Gasteiger partial charge on any atom is 0.129 e. The topological polar surface area (TPSA) is 12.9 Å². The van der Waals surface area contributed by atoms with Crippen molar-refractivity contribution in [2.24, 2.45) is 0 Å². The summed E-state index contributed by atoms with van der Waals surface area (Å²) >= 11 is 5.91. The predicted octanol–water partition coefficient (Wildman–Crippen LogP) is 4.28. The number of aromatic nitrogens is 1. The van der Waals surface area contributed by atoms with E-state index >= 15 is 0 Å². The molecule has 0 atom stereocenters. The maximum absolute atomic E-state index is 5.91. The molecule has 0 aliphatic rings. The minimum Gasteiger partial charge on any atom is -0.243 e. The molecule has 0 aliphatic carbocycles. The van der Waals surface area contributed by atoms with Crippen molar-refractivity contribution in [3.05, 3.63) is 29.1 Å². The fraction of sp³-hybridized carbons (Fsp3) is 0.438. The molecule has 0 spiro atoms. The smallest absolute Gasteiger partial charge is 0.129 e. The summed E-state index contributed by atoms with van der Waals surface area (Å²) in [4.78, 5) is 4.46. The van der Waals surface area contributed by atoms with Crippen LogP contribution in [0.3, 0.4) is 0 Å². The molecule has 0 bridgehead atoms. The van der Waals surface area contributed by atoms with Crippen LogP contribution in [-0.2, 0) is 5.88 Å². The number of pyridine rings is 1. The van der Waals surface area contributed by atoms with Crippen LogP contribution in [0, 0.1) is 22.9 Å². The first kappa shape index (κ1) is 17.0. The summed E-state index contributed by atoms with van der Waals surface area (Å²) in [6.07, 6.45) is 0. The molecule has 1 nitrogen and oxygen atoms in total. The van der Waals surface area contributed by atoms with E-state index in [1.807, 2.05) is 12.1 Å². The van der Waals surface area contributed by atoms with Crippen molar-refractivity contribution in [2.45, 2.75) is 45.2 Å². The number of alkyl halides is 1. The summed E-state index contributed by atoms with van der Waals surface area (Å²) < 4.78 is 0. The molecule has 106 valence electrons. The fourth-order valence-electron chi connectivity index (χ4n) is 1.30. The summed E-state index contributed by atoms with van der Waals surface area (Å²) in [5.41, 5.74) is 9.30. The summed E-state index contributed by atoms with van der Waals surface area (Å²) in [6.45, 7) is 13.4. The van der Waals surface area contributed by atoms with E-state index in [1.165, 1.54) is 0 Å². The molecule has 0 fully saturated rings. The second-order valence-corrected chi connectivity index (χ2v) is 16.6. The highest BCUT2D eigenvalue weighted by Gasteiger charge is 2.09. The van der Waals surface area contributed by atoms with Gasteiger partial charge < -0.3 is 0 Å². The van der Waals surface area contributed by atoms with Gasteiger partial charge in [-0.2, -0.15) is 0 Å². The van der Waals surface area contributed by atoms with Crippen LogP contribution in [-0.4, -0.2) is 21.1 Å². The van der Waals surface area contributed by atoms with Gasteiger partial charge in [-0.1, -0.05) is 51.1 Å². The molecular formula is C16H22ClNSi2. The molecule has 1 aromatic rings. The Morgan fingerprint density at radius 2 is 1.50 bits per heavy atom. The van der Waals surface area contributed by atoms with Gasteiger partial charge in [0.2, 0.25) is 0 Å². The van der Waals surface area contributed by atoms with E-state index in [4.69, 9.17) is 11.6 Å². The monoisotopic (exact) mass is 319 g/mol. The average molecular weight is 320 g/mol. The van der Waals surface area contributed by atoms with Crippen LogP contribution in [0.2, 0.25) is 39.3 Å². The minimum atomic E-state index is -1.40. The van der Waals surface area contributed by atoms with Crippen LogP contribution >= 0.6 is 11.6 Å². The van der Waals surface area contributed by atoms with Crippen LogP contribution in [0.25, 0.3) is 0 Å². The number of halogens is 1. The fourth-order valence-corrected chi connectivity index (χ4v) is 2.46. The van der Waals surface area contributed by atoms with Gasteiger partial charge in [0.15, 0.2) is 0 Å². The largest absolute Gasteiger partial charge is 0.243 e. The SMILES string of the molecule is C[Si](C)(C)C#Cc1cc(C#C[Si](C)(C)C)nc(CCl)c1. The molecule has 0 aliphatic heterocycles. The molecule has 0 saturated heterocycles. The molecule has 0 N–H and O–H groups in total. The van der Waals surface area contributed by atoms with E-state index in [9.17, 15) is 0 Å². The number of rotatable bonds is 1. The van der Waals surface area contributed by atoms with Crippen molar-refractivity contribution in [1.29, 1.82) is 0 Å². The molecule has 0 unspecified atom stereocenters. The molecular weight excluding hydrogens is 298 g/mol. The van der Waals surface area contributed by atoms with Crippen LogP contribution in [0.15, 0.2) is 12.1 Å². The highest BCUT2D eigenvalue weighted by molar-refractivity contribution is 6.84. The lowest BCUT2D eigenvalue weighted by atomic mass is 10.2. The van der Waals surface area contributed by atoms with Crippen LogP contribution < -0.4 is 0 Å². The van der Waals surface area contributed by atoms with E-state index in [1.54, 1.807) is 0 Å². The zero-order chi connectivity index (χ0) is 15.4. The molecule has 1 aromatic heterocycles. The molecule has 0 saturated carbocycles. The van der Waals surface area contributed by atoms with Crippen molar-refractivity contribution in [3.63, 3.8) is 0 Å². The van der Waals surface area contributed by atoms with E-state index in [0.29, 0.717) is 5.88 Å². The Hall–Kier alpha value is -1.01. The van der Waals surface area contributed by atoms with Crippen LogP contribution in [0.1, 0.15) is 17.0 Å². The lowest BCUT2D eigenvalue weighted by molar-refractivity contribution is 1.14. The van der Waals surface area contributed by atoms with Crippen molar-refractivity contribution in [3.8, 4) is 22.9 Å². The van der Waals surface area contributed by atoms with Gasteiger partial charge in [-0.25, -0.2) is 4.98 Å². The second kappa shape index (κ2) is 6.63. The van der Waals surface area contributed by atoms with Gasteiger partial charge in [0.1, 0.15) is 21.8 Å². The molecule has 4 heteroatoms. The molecule has 0 amide bonds. The van der Waals surface area contributed by atoms with Crippen molar-refractivity contribution >= 4 is 27.7 Å². The Balaban J connectivity index is 3.20. The van der Waals surface area contributed by atoms with Crippen molar-refractivity contribution < 1.29 is 0 Å². The maximum atomic E-state index is 5.91. The third-order valence-corrected chi connectivity index (χ3v) is 4.19. The molecule has 20 heavy (non-hydrogen) atoms. The van der Waals surface area contributed by atoms with Gasteiger partial charge in [0.05, 0.1) is 11.6 Å². The van der Waals surface area contributed by atoms with Gasteiger partial charge in [-0.15, -0.1) is 22.7 Å². The van der Waals surface area contributed by atoms with Gasteiger partial charge in [0.25, 0.3) is 0 Å². The second-order valence-electron chi connectivity index (χ2n) is 6.87. The standard InChI is InChI=1S/C16H22ClNSi2/c1-19(2,3)9-7-14-11-15(8-10-20(4,5)6)18-16(12-14)13-17/h11-12H,13H2,1-6H3. The van der Waals surface area contributed by atoms with Crippen molar-refractivity contribution in [1.82, 2.24) is 4.98 Å². The first-order valence-electron chi connectivity index (χ1n) is 6.72. The van der Waals surface area contributed by atoms with Crippen molar-refractivity contribution in [2.75, 3.05) is 0 Å². The lowest BCUT2D eigenvalue weighted by Gasteiger charge is -2.05. The van der Waals surface area contributed by atoms with Gasteiger partial charge in [-0.05, 0) is 12.1 Å². The van der Waals surface area contributed by atoms with Gasteiger partial charge >= 0.3 is 0 Å². The number of hydrogen-bond donors (Lipinski definition) is 0. The third kappa shape index (κ3) is 6.96. The molecule has 0 aromatic carbocycles.